The van der Waals surface area contributed by atoms with Crippen molar-refractivity contribution in [1.29, 1.82) is 0 Å². The molecule has 3 aromatic rings. The number of aromatic nitrogens is 1. The molecule has 0 aliphatic heterocycles. The molecule has 3 rings (SSSR count). The highest BCUT2D eigenvalue weighted by molar-refractivity contribution is 5.85. The summed E-state index contributed by atoms with van der Waals surface area (Å²) in [7, 11) is 1.65. The summed E-state index contributed by atoms with van der Waals surface area (Å²) in [4.78, 5) is 11.0. The first-order valence-electron chi connectivity index (χ1n) is 8.01. The first kappa shape index (κ1) is 16.1. The van der Waals surface area contributed by atoms with Crippen molar-refractivity contribution in [3.05, 3.63) is 65.4 Å². The van der Waals surface area contributed by atoms with Crippen molar-refractivity contribution < 1.29 is 14.6 Å². The molecule has 4 nitrogen and oxygen atoms in total. The Balaban J connectivity index is 2.03. The molecule has 1 heterocycles. The molecule has 0 amide bonds. The number of para-hydroxylation sites is 1. The minimum atomic E-state index is -0.768. The monoisotopic (exact) mass is 323 g/mol. The van der Waals surface area contributed by atoms with E-state index >= 15 is 0 Å². The van der Waals surface area contributed by atoms with E-state index < -0.39 is 5.97 Å². The van der Waals surface area contributed by atoms with Crippen molar-refractivity contribution in [3.8, 4) is 5.75 Å². The van der Waals surface area contributed by atoms with E-state index in [0.717, 1.165) is 22.5 Å². The van der Waals surface area contributed by atoms with E-state index in [1.165, 1.54) is 10.9 Å². The Morgan fingerprint density at radius 2 is 1.83 bits per heavy atom. The second-order valence-electron chi connectivity index (χ2n) is 5.92. The molecule has 0 spiro atoms. The zero-order chi connectivity index (χ0) is 17.1. The number of hydrogen-bond acceptors (Lipinski definition) is 2. The quantitative estimate of drug-likeness (QED) is 0.745. The SMILES string of the molecule is COc1ccc(Cn2c(CCC(=O)O)c(C)c3ccccc32)cc1. The van der Waals surface area contributed by atoms with Crippen LogP contribution in [0.2, 0.25) is 0 Å². The Morgan fingerprint density at radius 1 is 1.12 bits per heavy atom. The number of fused-ring (bicyclic) bond motifs is 1. The Bertz CT molecular complexity index is 862. The molecule has 4 heteroatoms. The molecule has 0 bridgehead atoms. The van der Waals surface area contributed by atoms with Crippen LogP contribution < -0.4 is 4.74 Å². The van der Waals surface area contributed by atoms with Gasteiger partial charge in [0.05, 0.1) is 13.5 Å². The number of rotatable bonds is 6. The second kappa shape index (κ2) is 6.79. The first-order chi connectivity index (χ1) is 11.6. The maximum absolute atomic E-state index is 11.0. The second-order valence-corrected chi connectivity index (χ2v) is 5.92. The highest BCUT2D eigenvalue weighted by Gasteiger charge is 2.15. The topological polar surface area (TPSA) is 51.5 Å². The standard InChI is InChI=1S/C20H21NO3/c1-14-17-5-3-4-6-19(17)21(18(14)11-12-20(22)23)13-15-7-9-16(24-2)10-8-15/h3-10H,11-13H2,1-2H3,(H,22,23). The number of carboxylic acids is 1. The zero-order valence-electron chi connectivity index (χ0n) is 14.0. The Hall–Kier alpha value is -2.75. The minimum Gasteiger partial charge on any atom is -0.497 e. The van der Waals surface area contributed by atoms with Crippen LogP contribution in [-0.2, 0) is 17.8 Å². The van der Waals surface area contributed by atoms with Gasteiger partial charge in [0.15, 0.2) is 0 Å². The van der Waals surface area contributed by atoms with Crippen LogP contribution in [0.25, 0.3) is 10.9 Å². The van der Waals surface area contributed by atoms with E-state index in [1.807, 2.05) is 36.4 Å². The zero-order valence-corrected chi connectivity index (χ0v) is 14.0. The van der Waals surface area contributed by atoms with E-state index in [0.29, 0.717) is 13.0 Å². The lowest BCUT2D eigenvalue weighted by atomic mass is 10.1. The summed E-state index contributed by atoms with van der Waals surface area (Å²) >= 11 is 0. The molecule has 0 saturated carbocycles. The van der Waals surface area contributed by atoms with Gasteiger partial charge in [-0.2, -0.15) is 0 Å². The van der Waals surface area contributed by atoms with Crippen molar-refractivity contribution in [3.63, 3.8) is 0 Å². The molecule has 124 valence electrons. The van der Waals surface area contributed by atoms with E-state index in [4.69, 9.17) is 9.84 Å². The summed E-state index contributed by atoms with van der Waals surface area (Å²) in [6.45, 7) is 2.79. The van der Waals surface area contributed by atoms with E-state index in [-0.39, 0.29) is 6.42 Å². The van der Waals surface area contributed by atoms with Gasteiger partial charge in [0.25, 0.3) is 0 Å². The normalized spacial score (nSPS) is 10.9. The molecule has 0 saturated heterocycles. The number of methoxy groups -OCH3 is 1. The maximum Gasteiger partial charge on any atom is 0.303 e. The number of ether oxygens (including phenoxy) is 1. The molecule has 1 N–H and O–H groups in total. The molecule has 0 fully saturated rings. The number of carbonyl (C=O) groups is 1. The Kier molecular flexibility index (Phi) is 4.56. The molecular weight excluding hydrogens is 302 g/mol. The Labute approximate surface area is 141 Å². The summed E-state index contributed by atoms with van der Waals surface area (Å²) in [5.74, 6) is 0.0639. The van der Waals surface area contributed by atoms with Crippen molar-refractivity contribution in [2.45, 2.75) is 26.3 Å². The number of benzene rings is 2. The number of hydrogen-bond donors (Lipinski definition) is 1. The van der Waals surface area contributed by atoms with Gasteiger partial charge in [-0.3, -0.25) is 4.79 Å². The molecule has 0 atom stereocenters. The molecule has 1 aromatic heterocycles. The molecule has 0 unspecified atom stereocenters. The lowest BCUT2D eigenvalue weighted by Gasteiger charge is -2.12. The smallest absolute Gasteiger partial charge is 0.303 e. The van der Waals surface area contributed by atoms with Gasteiger partial charge in [0, 0.05) is 23.1 Å². The summed E-state index contributed by atoms with van der Waals surface area (Å²) in [6.07, 6.45) is 0.672. The molecule has 24 heavy (non-hydrogen) atoms. The predicted molar refractivity (Wildman–Crippen MR) is 94.7 cm³/mol. The van der Waals surface area contributed by atoms with E-state index in [9.17, 15) is 4.79 Å². The minimum absolute atomic E-state index is 0.139. The van der Waals surface area contributed by atoms with Crippen molar-refractivity contribution in [1.82, 2.24) is 4.57 Å². The maximum atomic E-state index is 11.0. The average molecular weight is 323 g/mol. The van der Waals surface area contributed by atoms with Gasteiger partial charge in [-0.25, -0.2) is 0 Å². The van der Waals surface area contributed by atoms with Gasteiger partial charge in [-0.05, 0) is 42.7 Å². The predicted octanol–water partition coefficient (Wildman–Crippen LogP) is 4.02. The fourth-order valence-electron chi connectivity index (χ4n) is 3.17. The third-order valence-corrected chi connectivity index (χ3v) is 4.43. The van der Waals surface area contributed by atoms with Crippen LogP contribution in [0.15, 0.2) is 48.5 Å². The number of aryl methyl sites for hydroxylation is 1. The molecular formula is C20H21NO3. The fourth-order valence-corrected chi connectivity index (χ4v) is 3.17. The lowest BCUT2D eigenvalue weighted by molar-refractivity contribution is -0.136. The summed E-state index contributed by atoms with van der Waals surface area (Å²) in [5, 5.41) is 10.2. The lowest BCUT2D eigenvalue weighted by Crippen LogP contribution is -2.07. The van der Waals surface area contributed by atoms with Gasteiger partial charge in [-0.15, -0.1) is 0 Å². The van der Waals surface area contributed by atoms with Gasteiger partial charge in [-0.1, -0.05) is 30.3 Å². The average Bonchev–Trinajstić information content (AvgIpc) is 2.86. The van der Waals surface area contributed by atoms with Gasteiger partial charge < -0.3 is 14.4 Å². The first-order valence-corrected chi connectivity index (χ1v) is 8.01. The molecule has 0 radical (unpaired) electrons. The van der Waals surface area contributed by atoms with Crippen molar-refractivity contribution >= 4 is 16.9 Å². The van der Waals surface area contributed by atoms with Crippen LogP contribution in [0.3, 0.4) is 0 Å². The van der Waals surface area contributed by atoms with E-state index in [2.05, 4.69) is 23.6 Å². The van der Waals surface area contributed by atoms with Crippen LogP contribution >= 0.6 is 0 Å². The van der Waals surface area contributed by atoms with E-state index in [1.54, 1.807) is 7.11 Å². The van der Waals surface area contributed by atoms with Gasteiger partial charge in [0.2, 0.25) is 0 Å². The molecule has 0 aliphatic rings. The molecule has 0 aliphatic carbocycles. The van der Waals surface area contributed by atoms with Crippen LogP contribution in [0.4, 0.5) is 0 Å². The highest BCUT2D eigenvalue weighted by atomic mass is 16.5. The molecule has 2 aromatic carbocycles. The number of nitrogens with zero attached hydrogens (tertiary/aromatic N) is 1. The number of carboxylic acid groups (broad SMARTS) is 1. The summed E-state index contributed by atoms with van der Waals surface area (Å²) < 4.78 is 7.44. The van der Waals surface area contributed by atoms with Crippen LogP contribution in [0.5, 0.6) is 5.75 Å². The highest BCUT2D eigenvalue weighted by Crippen LogP contribution is 2.28. The Morgan fingerprint density at radius 3 is 2.50 bits per heavy atom. The van der Waals surface area contributed by atoms with Crippen LogP contribution in [0.1, 0.15) is 23.2 Å². The van der Waals surface area contributed by atoms with Gasteiger partial charge in [0.1, 0.15) is 5.75 Å². The fraction of sp³-hybridized carbons (Fsp3) is 0.250. The van der Waals surface area contributed by atoms with Crippen molar-refractivity contribution in [2.75, 3.05) is 7.11 Å². The third-order valence-electron chi connectivity index (χ3n) is 4.43. The summed E-state index contributed by atoms with van der Waals surface area (Å²) in [5.41, 5.74) is 4.56. The summed E-state index contributed by atoms with van der Waals surface area (Å²) in [6, 6.07) is 16.2. The number of aliphatic carboxylic acids is 1. The van der Waals surface area contributed by atoms with Crippen LogP contribution in [0, 0.1) is 6.92 Å². The van der Waals surface area contributed by atoms with Crippen molar-refractivity contribution in [2.24, 2.45) is 0 Å². The largest absolute Gasteiger partial charge is 0.497 e. The third kappa shape index (κ3) is 3.13. The van der Waals surface area contributed by atoms with Crippen LogP contribution in [-0.4, -0.2) is 22.8 Å². The van der Waals surface area contributed by atoms with Gasteiger partial charge >= 0.3 is 5.97 Å².